The van der Waals surface area contributed by atoms with Gasteiger partial charge in [-0.05, 0) is 48.9 Å². The van der Waals surface area contributed by atoms with Crippen LogP contribution in [-0.4, -0.2) is 26.4 Å². The van der Waals surface area contributed by atoms with Crippen molar-refractivity contribution in [2.45, 2.75) is 18.4 Å². The maximum Gasteiger partial charge on any atom is 0.270 e. The summed E-state index contributed by atoms with van der Waals surface area (Å²) in [6, 6.07) is 16.7. The van der Waals surface area contributed by atoms with Crippen LogP contribution >= 0.6 is 0 Å². The molecule has 29 heavy (non-hydrogen) atoms. The Morgan fingerprint density at radius 2 is 1.72 bits per heavy atom. The van der Waals surface area contributed by atoms with E-state index in [4.69, 9.17) is 4.74 Å². The van der Waals surface area contributed by atoms with Crippen molar-refractivity contribution in [2.75, 3.05) is 11.8 Å². The maximum absolute atomic E-state index is 12.5. The zero-order valence-electron chi connectivity index (χ0n) is 16.0. The van der Waals surface area contributed by atoms with Gasteiger partial charge in [-0.15, -0.1) is 0 Å². The van der Waals surface area contributed by atoms with Crippen molar-refractivity contribution in [3.05, 3.63) is 83.7 Å². The molecular formula is C21H21N3O4S. The summed E-state index contributed by atoms with van der Waals surface area (Å²) in [6.45, 7) is 2.19. The van der Waals surface area contributed by atoms with Gasteiger partial charge < -0.3 is 10.1 Å². The van der Waals surface area contributed by atoms with Crippen LogP contribution in [0.5, 0.6) is 5.75 Å². The lowest BCUT2D eigenvalue weighted by Crippen LogP contribution is -2.24. The van der Waals surface area contributed by atoms with Crippen molar-refractivity contribution in [3.8, 4) is 5.75 Å². The zero-order valence-corrected chi connectivity index (χ0v) is 16.9. The number of nitrogens with zero attached hydrogens (tertiary/aromatic N) is 1. The van der Waals surface area contributed by atoms with Crippen LogP contribution in [0.15, 0.2) is 71.8 Å². The number of carbonyl (C=O) groups is 1. The van der Waals surface area contributed by atoms with Crippen LogP contribution in [0, 0.1) is 6.92 Å². The minimum Gasteiger partial charge on any atom is -0.497 e. The molecule has 3 aromatic rings. The molecule has 0 aliphatic heterocycles. The Hall–Kier alpha value is -3.39. The van der Waals surface area contributed by atoms with Gasteiger partial charge in [0.1, 0.15) is 11.4 Å². The second kappa shape index (κ2) is 8.74. The van der Waals surface area contributed by atoms with Gasteiger partial charge in [0.25, 0.3) is 15.9 Å². The number of hydrogen-bond donors (Lipinski definition) is 2. The summed E-state index contributed by atoms with van der Waals surface area (Å²) in [5.74, 6) is 0.326. The Morgan fingerprint density at radius 3 is 2.38 bits per heavy atom. The van der Waals surface area contributed by atoms with E-state index in [2.05, 4.69) is 15.0 Å². The first kappa shape index (κ1) is 20.3. The van der Waals surface area contributed by atoms with Crippen molar-refractivity contribution in [1.82, 2.24) is 10.3 Å². The molecule has 0 fully saturated rings. The highest BCUT2D eigenvalue weighted by atomic mass is 32.2. The highest BCUT2D eigenvalue weighted by Crippen LogP contribution is 2.17. The molecule has 1 heterocycles. The number of carbonyl (C=O) groups excluding carboxylic acids is 1. The summed E-state index contributed by atoms with van der Waals surface area (Å²) in [5, 5.41) is 2.76. The Kier molecular flexibility index (Phi) is 6.13. The van der Waals surface area contributed by atoms with Gasteiger partial charge >= 0.3 is 0 Å². The Bertz CT molecular complexity index is 1100. The molecule has 1 amide bonds. The molecule has 3 rings (SSSR count). The first-order chi connectivity index (χ1) is 13.9. The van der Waals surface area contributed by atoms with Crippen molar-refractivity contribution in [3.63, 3.8) is 0 Å². The van der Waals surface area contributed by atoms with Crippen LogP contribution in [0.2, 0.25) is 0 Å². The molecule has 0 spiro atoms. The van der Waals surface area contributed by atoms with Crippen molar-refractivity contribution < 1.29 is 17.9 Å². The Balaban J connectivity index is 1.68. The van der Waals surface area contributed by atoms with E-state index in [0.717, 1.165) is 16.9 Å². The number of rotatable bonds is 7. The quantitative estimate of drug-likeness (QED) is 0.623. The van der Waals surface area contributed by atoms with Crippen LogP contribution in [0.3, 0.4) is 0 Å². The summed E-state index contributed by atoms with van der Waals surface area (Å²) in [5.41, 5.74) is 2.23. The number of sulfonamides is 1. The SMILES string of the molecule is COc1ccc(CNC(=O)c2cc(NS(=O)(=O)c3ccc(C)cc3)ccn2)cc1. The number of nitrogens with one attached hydrogen (secondary N) is 2. The molecule has 0 radical (unpaired) electrons. The van der Waals surface area contributed by atoms with Gasteiger partial charge in [-0.2, -0.15) is 0 Å². The number of amides is 1. The summed E-state index contributed by atoms with van der Waals surface area (Å²) in [7, 11) is -2.17. The molecule has 2 aromatic carbocycles. The van der Waals surface area contributed by atoms with E-state index in [1.807, 2.05) is 19.1 Å². The van der Waals surface area contributed by atoms with E-state index in [9.17, 15) is 13.2 Å². The standard InChI is InChI=1S/C21H21N3O4S/c1-15-3-9-19(10-4-15)29(26,27)24-17-11-12-22-20(13-17)21(25)23-14-16-5-7-18(28-2)8-6-16/h3-13H,14H2,1-2H3,(H,22,24)(H,23,25). The third kappa shape index (κ3) is 5.32. The summed E-state index contributed by atoms with van der Waals surface area (Å²) >= 11 is 0. The van der Waals surface area contributed by atoms with Gasteiger partial charge in [0, 0.05) is 12.7 Å². The van der Waals surface area contributed by atoms with Crippen LogP contribution in [0.1, 0.15) is 21.6 Å². The van der Waals surface area contributed by atoms with E-state index in [1.165, 1.54) is 30.5 Å². The van der Waals surface area contributed by atoms with Crippen molar-refractivity contribution >= 4 is 21.6 Å². The largest absolute Gasteiger partial charge is 0.497 e. The maximum atomic E-state index is 12.5. The molecule has 0 saturated carbocycles. The molecule has 0 atom stereocenters. The molecule has 2 N–H and O–H groups in total. The van der Waals surface area contributed by atoms with E-state index in [0.29, 0.717) is 6.54 Å². The average Bonchev–Trinajstić information content (AvgIpc) is 2.72. The molecule has 1 aromatic heterocycles. The zero-order chi connectivity index (χ0) is 20.9. The minimum absolute atomic E-state index is 0.114. The van der Waals surface area contributed by atoms with Crippen LogP contribution in [-0.2, 0) is 16.6 Å². The van der Waals surface area contributed by atoms with E-state index < -0.39 is 15.9 Å². The molecule has 0 aliphatic rings. The third-order valence-corrected chi connectivity index (χ3v) is 5.59. The molecule has 150 valence electrons. The molecule has 8 heteroatoms. The molecule has 0 saturated heterocycles. The summed E-state index contributed by atoms with van der Waals surface area (Å²) in [6.07, 6.45) is 1.38. The monoisotopic (exact) mass is 411 g/mol. The molecule has 0 bridgehead atoms. The van der Waals surface area contributed by atoms with Crippen molar-refractivity contribution in [2.24, 2.45) is 0 Å². The molecule has 0 aliphatic carbocycles. The number of methoxy groups -OCH3 is 1. The number of pyridine rings is 1. The second-order valence-electron chi connectivity index (χ2n) is 6.38. The minimum atomic E-state index is -3.76. The topological polar surface area (TPSA) is 97.4 Å². The van der Waals surface area contributed by atoms with Gasteiger partial charge in [-0.1, -0.05) is 29.8 Å². The van der Waals surface area contributed by atoms with Crippen LogP contribution in [0.4, 0.5) is 5.69 Å². The van der Waals surface area contributed by atoms with E-state index in [1.54, 1.807) is 31.4 Å². The number of anilines is 1. The smallest absolute Gasteiger partial charge is 0.270 e. The Labute approximate surface area is 169 Å². The van der Waals surface area contributed by atoms with Gasteiger partial charge in [0.05, 0.1) is 17.7 Å². The highest BCUT2D eigenvalue weighted by molar-refractivity contribution is 7.92. The average molecular weight is 411 g/mol. The van der Waals surface area contributed by atoms with E-state index in [-0.39, 0.29) is 16.3 Å². The second-order valence-corrected chi connectivity index (χ2v) is 8.06. The van der Waals surface area contributed by atoms with E-state index >= 15 is 0 Å². The van der Waals surface area contributed by atoms with Gasteiger partial charge in [-0.3, -0.25) is 14.5 Å². The van der Waals surface area contributed by atoms with Crippen molar-refractivity contribution in [1.29, 1.82) is 0 Å². The lowest BCUT2D eigenvalue weighted by molar-refractivity contribution is 0.0946. The predicted octanol–water partition coefficient (Wildman–Crippen LogP) is 3.13. The van der Waals surface area contributed by atoms with Crippen LogP contribution in [0.25, 0.3) is 0 Å². The molecule has 0 unspecified atom stereocenters. The summed E-state index contributed by atoms with van der Waals surface area (Å²) in [4.78, 5) is 16.6. The predicted molar refractivity (Wildman–Crippen MR) is 110 cm³/mol. The lowest BCUT2D eigenvalue weighted by Gasteiger charge is -2.10. The number of aryl methyl sites for hydroxylation is 1. The molecule has 7 nitrogen and oxygen atoms in total. The third-order valence-electron chi connectivity index (χ3n) is 4.19. The summed E-state index contributed by atoms with van der Waals surface area (Å²) < 4.78 is 32.6. The van der Waals surface area contributed by atoms with Crippen LogP contribution < -0.4 is 14.8 Å². The number of hydrogen-bond acceptors (Lipinski definition) is 5. The fourth-order valence-corrected chi connectivity index (χ4v) is 3.62. The number of benzene rings is 2. The fourth-order valence-electron chi connectivity index (χ4n) is 2.57. The Morgan fingerprint density at radius 1 is 1.03 bits per heavy atom. The van der Waals surface area contributed by atoms with Gasteiger partial charge in [0.15, 0.2) is 0 Å². The number of aromatic nitrogens is 1. The number of ether oxygens (including phenoxy) is 1. The van der Waals surface area contributed by atoms with Gasteiger partial charge in [-0.25, -0.2) is 8.42 Å². The molecular weight excluding hydrogens is 390 g/mol. The first-order valence-electron chi connectivity index (χ1n) is 8.84. The van der Waals surface area contributed by atoms with Gasteiger partial charge in [0.2, 0.25) is 0 Å². The first-order valence-corrected chi connectivity index (χ1v) is 10.3. The highest BCUT2D eigenvalue weighted by Gasteiger charge is 2.15. The normalized spacial score (nSPS) is 11.0. The lowest BCUT2D eigenvalue weighted by atomic mass is 10.2. The fraction of sp³-hybridized carbons (Fsp3) is 0.143.